The molecule has 6 heteroatoms. The molecular formula is C14H23N3O2S. The molecule has 5 nitrogen and oxygen atoms in total. The minimum Gasteiger partial charge on any atom is -0.381 e. The number of amides is 1. The predicted octanol–water partition coefficient (Wildman–Crippen LogP) is 2.13. The molecule has 112 valence electrons. The molecule has 0 aliphatic carbocycles. The first-order chi connectivity index (χ1) is 9.38. The first-order valence-electron chi connectivity index (χ1n) is 6.98. The zero-order chi connectivity index (χ0) is 14.8. The zero-order valence-electron chi connectivity index (χ0n) is 12.3. The molecule has 0 radical (unpaired) electrons. The van der Waals surface area contributed by atoms with E-state index in [4.69, 9.17) is 10.5 Å². The summed E-state index contributed by atoms with van der Waals surface area (Å²) in [6.07, 6.45) is 3.51. The van der Waals surface area contributed by atoms with Crippen molar-refractivity contribution in [2.24, 2.45) is 11.7 Å². The lowest BCUT2D eigenvalue weighted by Gasteiger charge is -2.26. The topological polar surface area (TPSA) is 77.2 Å². The number of carbonyl (C=O) groups excluding carboxylic acids is 1. The fourth-order valence-corrected chi connectivity index (χ4v) is 3.03. The molecule has 0 saturated carbocycles. The molecule has 1 saturated heterocycles. The quantitative estimate of drug-likeness (QED) is 0.896. The number of nitrogens with zero attached hydrogens (tertiary/aromatic N) is 1. The molecule has 0 spiro atoms. The Morgan fingerprint density at radius 2 is 2.15 bits per heavy atom. The lowest BCUT2D eigenvalue weighted by molar-refractivity contribution is -0.119. The van der Waals surface area contributed by atoms with Gasteiger partial charge in [-0.15, -0.1) is 11.3 Å². The first-order valence-corrected chi connectivity index (χ1v) is 7.80. The summed E-state index contributed by atoms with van der Waals surface area (Å²) in [7, 11) is 0. The van der Waals surface area contributed by atoms with Crippen LogP contribution in [0.3, 0.4) is 0 Å². The lowest BCUT2D eigenvalue weighted by Crippen LogP contribution is -2.43. The van der Waals surface area contributed by atoms with Crippen molar-refractivity contribution in [3.63, 3.8) is 0 Å². The molecule has 1 fully saturated rings. The van der Waals surface area contributed by atoms with Crippen LogP contribution in [0.5, 0.6) is 0 Å². The number of thiazole rings is 1. The fraction of sp³-hybridized carbons (Fsp3) is 0.714. The molecule has 1 aliphatic heterocycles. The Balaban J connectivity index is 1.95. The van der Waals surface area contributed by atoms with Crippen molar-refractivity contribution in [1.82, 2.24) is 4.98 Å². The molecule has 0 bridgehead atoms. The van der Waals surface area contributed by atoms with Crippen molar-refractivity contribution < 1.29 is 9.53 Å². The third-order valence-electron chi connectivity index (χ3n) is 3.55. The standard InChI is InChI=1S/C14H23N3O2S/c1-14(2,3)10-8-16-13(20-10)17-12(18)11(15)9-4-6-19-7-5-9/h8-9,11H,4-7,15H2,1-3H3,(H,16,17,18). The number of aromatic nitrogens is 1. The van der Waals surface area contributed by atoms with Crippen LogP contribution < -0.4 is 11.1 Å². The number of ether oxygens (including phenoxy) is 1. The van der Waals surface area contributed by atoms with Crippen LogP contribution in [-0.4, -0.2) is 30.1 Å². The van der Waals surface area contributed by atoms with Gasteiger partial charge in [0.05, 0.1) is 6.04 Å². The Bertz CT molecular complexity index is 461. The van der Waals surface area contributed by atoms with E-state index in [2.05, 4.69) is 31.1 Å². The average Bonchev–Trinajstić information content (AvgIpc) is 2.87. The smallest absolute Gasteiger partial charge is 0.243 e. The van der Waals surface area contributed by atoms with Gasteiger partial charge in [0.2, 0.25) is 5.91 Å². The van der Waals surface area contributed by atoms with E-state index >= 15 is 0 Å². The summed E-state index contributed by atoms with van der Waals surface area (Å²) in [6.45, 7) is 7.76. The maximum atomic E-state index is 12.2. The van der Waals surface area contributed by atoms with E-state index in [-0.39, 0.29) is 17.2 Å². The van der Waals surface area contributed by atoms with Crippen molar-refractivity contribution in [3.8, 4) is 0 Å². The molecule has 1 aromatic rings. The van der Waals surface area contributed by atoms with Gasteiger partial charge in [-0.1, -0.05) is 20.8 Å². The summed E-state index contributed by atoms with van der Waals surface area (Å²) < 4.78 is 5.29. The number of hydrogen-bond donors (Lipinski definition) is 2. The summed E-state index contributed by atoms with van der Waals surface area (Å²) in [5, 5.41) is 3.46. The monoisotopic (exact) mass is 297 g/mol. The third-order valence-corrected chi connectivity index (χ3v) is 4.89. The number of nitrogens with one attached hydrogen (secondary N) is 1. The highest BCUT2D eigenvalue weighted by atomic mass is 32.1. The summed E-state index contributed by atoms with van der Waals surface area (Å²) >= 11 is 1.51. The van der Waals surface area contributed by atoms with Crippen molar-refractivity contribution in [2.75, 3.05) is 18.5 Å². The first kappa shape index (κ1) is 15.4. The van der Waals surface area contributed by atoms with Crippen LogP contribution in [0.25, 0.3) is 0 Å². The van der Waals surface area contributed by atoms with E-state index in [9.17, 15) is 4.79 Å². The van der Waals surface area contributed by atoms with Gasteiger partial charge in [0.25, 0.3) is 0 Å². The fourth-order valence-electron chi connectivity index (χ4n) is 2.16. The summed E-state index contributed by atoms with van der Waals surface area (Å²) in [4.78, 5) is 17.6. The molecule has 2 heterocycles. The summed E-state index contributed by atoms with van der Waals surface area (Å²) in [5.41, 5.74) is 6.09. The maximum absolute atomic E-state index is 12.2. The van der Waals surface area contributed by atoms with E-state index in [1.807, 2.05) is 6.20 Å². The highest BCUT2D eigenvalue weighted by Crippen LogP contribution is 2.30. The molecule has 1 aliphatic rings. The van der Waals surface area contributed by atoms with Crippen LogP contribution in [0.15, 0.2) is 6.20 Å². The lowest BCUT2D eigenvalue weighted by atomic mass is 9.92. The molecule has 1 aromatic heterocycles. The molecule has 2 rings (SSSR count). The molecule has 3 N–H and O–H groups in total. The molecule has 1 unspecified atom stereocenters. The Hall–Kier alpha value is -0.980. The van der Waals surface area contributed by atoms with Crippen LogP contribution in [-0.2, 0) is 14.9 Å². The van der Waals surface area contributed by atoms with Gasteiger partial charge in [-0.3, -0.25) is 4.79 Å². The highest BCUT2D eigenvalue weighted by Gasteiger charge is 2.27. The minimum atomic E-state index is -0.485. The van der Waals surface area contributed by atoms with Crippen LogP contribution in [0.1, 0.15) is 38.5 Å². The Labute approximate surface area is 123 Å². The van der Waals surface area contributed by atoms with Crippen molar-refractivity contribution in [1.29, 1.82) is 0 Å². The van der Waals surface area contributed by atoms with Gasteiger partial charge in [0.1, 0.15) is 0 Å². The van der Waals surface area contributed by atoms with Crippen LogP contribution in [0.4, 0.5) is 5.13 Å². The maximum Gasteiger partial charge on any atom is 0.243 e. The highest BCUT2D eigenvalue weighted by molar-refractivity contribution is 7.15. The molecule has 20 heavy (non-hydrogen) atoms. The normalized spacial score (nSPS) is 18.8. The SMILES string of the molecule is CC(C)(C)c1cnc(NC(=O)C(N)C2CCOCC2)s1. The number of hydrogen-bond acceptors (Lipinski definition) is 5. The average molecular weight is 297 g/mol. The van der Waals surface area contributed by atoms with Crippen molar-refractivity contribution >= 4 is 22.4 Å². The van der Waals surface area contributed by atoms with Crippen LogP contribution >= 0.6 is 11.3 Å². The van der Waals surface area contributed by atoms with E-state index < -0.39 is 6.04 Å². The van der Waals surface area contributed by atoms with E-state index in [0.29, 0.717) is 18.3 Å². The van der Waals surface area contributed by atoms with Crippen molar-refractivity contribution in [2.45, 2.75) is 45.1 Å². The largest absolute Gasteiger partial charge is 0.381 e. The Kier molecular flexibility index (Phi) is 4.78. The minimum absolute atomic E-state index is 0.0451. The van der Waals surface area contributed by atoms with Crippen LogP contribution in [0, 0.1) is 5.92 Å². The molecular weight excluding hydrogens is 274 g/mol. The van der Waals surface area contributed by atoms with Gasteiger partial charge in [-0.2, -0.15) is 0 Å². The number of carbonyl (C=O) groups is 1. The van der Waals surface area contributed by atoms with Gasteiger partial charge >= 0.3 is 0 Å². The van der Waals surface area contributed by atoms with Crippen LogP contribution in [0.2, 0.25) is 0 Å². The van der Waals surface area contributed by atoms with Gasteiger partial charge in [0.15, 0.2) is 5.13 Å². The van der Waals surface area contributed by atoms with E-state index in [0.717, 1.165) is 17.7 Å². The van der Waals surface area contributed by atoms with Crippen molar-refractivity contribution in [3.05, 3.63) is 11.1 Å². The second-order valence-electron chi connectivity index (χ2n) is 6.24. The van der Waals surface area contributed by atoms with E-state index in [1.165, 1.54) is 11.3 Å². The summed E-state index contributed by atoms with van der Waals surface area (Å²) in [5.74, 6) is 0.0532. The molecule has 1 amide bonds. The summed E-state index contributed by atoms with van der Waals surface area (Å²) in [6, 6.07) is -0.485. The molecule has 0 aromatic carbocycles. The van der Waals surface area contributed by atoms with Gasteiger partial charge in [-0.25, -0.2) is 4.98 Å². The Morgan fingerprint density at radius 1 is 1.50 bits per heavy atom. The molecule has 1 atom stereocenters. The zero-order valence-corrected chi connectivity index (χ0v) is 13.1. The second kappa shape index (κ2) is 6.20. The third kappa shape index (κ3) is 3.77. The predicted molar refractivity (Wildman–Crippen MR) is 81.0 cm³/mol. The van der Waals surface area contributed by atoms with Gasteiger partial charge < -0.3 is 15.8 Å². The van der Waals surface area contributed by atoms with E-state index in [1.54, 1.807) is 0 Å². The number of nitrogens with two attached hydrogens (primary N) is 1. The Morgan fingerprint density at radius 3 is 2.70 bits per heavy atom. The number of rotatable bonds is 3. The van der Waals surface area contributed by atoms with Gasteiger partial charge in [-0.05, 0) is 24.2 Å². The second-order valence-corrected chi connectivity index (χ2v) is 7.28. The number of anilines is 1. The van der Waals surface area contributed by atoms with Gasteiger partial charge in [0, 0.05) is 24.3 Å².